The van der Waals surface area contributed by atoms with E-state index in [0.29, 0.717) is 0 Å². The van der Waals surface area contributed by atoms with E-state index in [-0.39, 0.29) is 0 Å². The third-order valence-electron chi connectivity index (χ3n) is 14.0. The third-order valence-corrected chi connectivity index (χ3v) is 14.0. The Labute approximate surface area is 408 Å². The number of aromatic nitrogens is 1. The van der Waals surface area contributed by atoms with Crippen molar-refractivity contribution in [3.8, 4) is 61.3 Å². The number of anilines is 3. The number of hydrogen-bond donors (Lipinski definition) is 0. The maximum atomic E-state index is 2.47. The first kappa shape index (κ1) is 41.0. The molecule has 328 valence electrons. The van der Waals surface area contributed by atoms with Crippen LogP contribution in [0, 0.1) is 0 Å². The molecule has 0 N–H and O–H groups in total. The molecule has 0 spiro atoms. The maximum Gasteiger partial charge on any atom is 0.0547 e. The lowest BCUT2D eigenvalue weighted by molar-refractivity contribution is 1.18. The molecular weight excluding hydrogens is 845 g/mol. The Kier molecular flexibility index (Phi) is 10.2. The third kappa shape index (κ3) is 7.31. The molecule has 0 amide bonds. The highest BCUT2D eigenvalue weighted by molar-refractivity contribution is 6.14. The van der Waals surface area contributed by atoms with Crippen molar-refractivity contribution < 1.29 is 0 Å². The SMILES string of the molecule is c1ccc(-c2ccccc2N(c2ccc(-c3ccc4ccccc4c3)cc2)c2ccc(-c3ccc(-n4c5ccccc5c5cc6ccccc6cc54)c(-c4ccccc4)c3)cc2-c2ccccc2)cc1. The van der Waals surface area contributed by atoms with Crippen LogP contribution in [-0.4, -0.2) is 4.57 Å². The Morgan fingerprint density at radius 3 is 1.44 bits per heavy atom. The minimum Gasteiger partial charge on any atom is -0.309 e. The summed E-state index contributed by atoms with van der Waals surface area (Å²) in [6.07, 6.45) is 0. The van der Waals surface area contributed by atoms with Crippen molar-refractivity contribution in [3.05, 3.63) is 279 Å². The van der Waals surface area contributed by atoms with Gasteiger partial charge in [-0.15, -0.1) is 0 Å². The molecule has 13 rings (SSSR count). The first-order valence-electron chi connectivity index (χ1n) is 24.1. The summed E-state index contributed by atoms with van der Waals surface area (Å²) in [6, 6.07) is 102. The normalized spacial score (nSPS) is 11.4. The number of para-hydroxylation sites is 2. The average Bonchev–Trinajstić information content (AvgIpc) is 3.76. The van der Waals surface area contributed by atoms with Gasteiger partial charge in [0.05, 0.1) is 28.1 Å². The molecule has 0 bridgehead atoms. The number of rotatable bonds is 9. The van der Waals surface area contributed by atoms with Gasteiger partial charge in [0.15, 0.2) is 0 Å². The fraction of sp³-hybridized carbons (Fsp3) is 0. The highest BCUT2D eigenvalue weighted by Crippen LogP contribution is 2.47. The molecule has 70 heavy (non-hydrogen) atoms. The van der Waals surface area contributed by atoms with Gasteiger partial charge < -0.3 is 9.47 Å². The second-order valence-corrected chi connectivity index (χ2v) is 18.1. The fourth-order valence-electron chi connectivity index (χ4n) is 10.5. The summed E-state index contributed by atoms with van der Waals surface area (Å²) < 4.78 is 2.47. The van der Waals surface area contributed by atoms with Crippen LogP contribution in [0.3, 0.4) is 0 Å². The number of nitrogens with zero attached hydrogens (tertiary/aromatic N) is 2. The predicted molar refractivity (Wildman–Crippen MR) is 298 cm³/mol. The lowest BCUT2D eigenvalue weighted by Gasteiger charge is -2.30. The van der Waals surface area contributed by atoms with E-state index in [9.17, 15) is 0 Å². The molecule has 2 nitrogen and oxygen atoms in total. The molecule has 0 aliphatic heterocycles. The van der Waals surface area contributed by atoms with E-state index >= 15 is 0 Å². The van der Waals surface area contributed by atoms with Crippen LogP contribution >= 0.6 is 0 Å². The van der Waals surface area contributed by atoms with E-state index in [0.717, 1.165) is 50.6 Å². The summed E-state index contributed by atoms with van der Waals surface area (Å²) in [6.45, 7) is 0. The number of benzene rings is 12. The quantitative estimate of drug-likeness (QED) is 0.140. The van der Waals surface area contributed by atoms with Crippen LogP contribution in [0.15, 0.2) is 279 Å². The Bertz CT molecular complexity index is 4040. The van der Waals surface area contributed by atoms with Crippen LogP contribution in [-0.2, 0) is 0 Å². The molecule has 0 aliphatic rings. The van der Waals surface area contributed by atoms with Gasteiger partial charge in [0.1, 0.15) is 0 Å². The molecule has 0 atom stereocenters. The Morgan fingerprint density at radius 2 is 0.729 bits per heavy atom. The van der Waals surface area contributed by atoms with Crippen LogP contribution in [0.25, 0.3) is 105 Å². The second kappa shape index (κ2) is 17.4. The Morgan fingerprint density at radius 1 is 0.243 bits per heavy atom. The molecular formula is C68H46N2. The van der Waals surface area contributed by atoms with Crippen molar-refractivity contribution in [2.75, 3.05) is 4.90 Å². The van der Waals surface area contributed by atoms with E-state index < -0.39 is 0 Å². The first-order chi connectivity index (χ1) is 34.7. The van der Waals surface area contributed by atoms with Gasteiger partial charge >= 0.3 is 0 Å². The molecule has 1 heterocycles. The van der Waals surface area contributed by atoms with Gasteiger partial charge in [0.25, 0.3) is 0 Å². The Balaban J connectivity index is 0.999. The lowest BCUT2D eigenvalue weighted by Crippen LogP contribution is -2.12. The largest absolute Gasteiger partial charge is 0.309 e. The molecule has 0 unspecified atom stereocenters. The lowest BCUT2D eigenvalue weighted by atomic mass is 9.93. The minimum absolute atomic E-state index is 1.08. The van der Waals surface area contributed by atoms with Crippen molar-refractivity contribution >= 4 is 60.4 Å². The van der Waals surface area contributed by atoms with Gasteiger partial charge in [0.2, 0.25) is 0 Å². The summed E-state index contributed by atoms with van der Waals surface area (Å²) in [7, 11) is 0. The number of hydrogen-bond acceptors (Lipinski definition) is 1. The highest BCUT2D eigenvalue weighted by Gasteiger charge is 2.23. The van der Waals surface area contributed by atoms with Crippen LogP contribution in [0.1, 0.15) is 0 Å². The van der Waals surface area contributed by atoms with E-state index in [1.54, 1.807) is 0 Å². The van der Waals surface area contributed by atoms with Gasteiger partial charge in [-0.05, 0) is 127 Å². The van der Waals surface area contributed by atoms with Crippen LogP contribution < -0.4 is 4.90 Å². The summed E-state index contributed by atoms with van der Waals surface area (Å²) >= 11 is 0. The van der Waals surface area contributed by atoms with E-state index in [4.69, 9.17) is 0 Å². The topological polar surface area (TPSA) is 8.17 Å². The second-order valence-electron chi connectivity index (χ2n) is 18.1. The van der Waals surface area contributed by atoms with E-state index in [1.807, 2.05) is 0 Å². The summed E-state index contributed by atoms with van der Waals surface area (Å²) in [5, 5.41) is 7.45. The van der Waals surface area contributed by atoms with Gasteiger partial charge in [-0.2, -0.15) is 0 Å². The molecule has 0 aliphatic carbocycles. The summed E-state index contributed by atoms with van der Waals surface area (Å²) in [5.41, 5.74) is 18.4. The molecule has 12 aromatic carbocycles. The van der Waals surface area contributed by atoms with Crippen molar-refractivity contribution in [2.45, 2.75) is 0 Å². The zero-order chi connectivity index (χ0) is 46.4. The van der Waals surface area contributed by atoms with Gasteiger partial charge in [-0.1, -0.05) is 212 Å². The maximum absolute atomic E-state index is 2.47. The van der Waals surface area contributed by atoms with Crippen molar-refractivity contribution in [1.82, 2.24) is 4.57 Å². The average molecular weight is 891 g/mol. The van der Waals surface area contributed by atoms with Gasteiger partial charge in [0, 0.05) is 33.2 Å². The monoisotopic (exact) mass is 890 g/mol. The number of fused-ring (bicyclic) bond motifs is 5. The van der Waals surface area contributed by atoms with E-state index in [2.05, 4.69) is 289 Å². The molecule has 1 aromatic heterocycles. The summed E-state index contributed by atoms with van der Waals surface area (Å²) in [4.78, 5) is 2.45. The van der Waals surface area contributed by atoms with Crippen LogP contribution in [0.2, 0.25) is 0 Å². The zero-order valence-electron chi connectivity index (χ0n) is 38.5. The minimum atomic E-state index is 1.08. The fourth-order valence-corrected chi connectivity index (χ4v) is 10.5. The zero-order valence-corrected chi connectivity index (χ0v) is 38.5. The Hall–Kier alpha value is -9.24. The smallest absolute Gasteiger partial charge is 0.0547 e. The molecule has 0 saturated heterocycles. The van der Waals surface area contributed by atoms with Crippen LogP contribution in [0.5, 0.6) is 0 Å². The molecule has 0 fully saturated rings. The molecule has 0 saturated carbocycles. The van der Waals surface area contributed by atoms with Crippen molar-refractivity contribution in [2.24, 2.45) is 0 Å². The molecule has 2 heteroatoms. The molecule has 13 aromatic rings. The predicted octanol–water partition coefficient (Wildman–Crippen LogP) is 18.9. The standard InChI is InChI=1S/C68H46N2/c1-4-19-49(20-5-1)59-28-14-16-30-64(59)69(58-38-34-48(35-39-58)55-33-32-47-18-10-11-25-52(47)42-55)66-40-36-56(43-61(66)50-21-6-2-7-22-50)57-37-41-67(62(44-57)51-23-8-3-9-24-51)70-65-31-17-15-29-60(65)63-45-53-26-12-13-27-54(53)46-68(63)70/h1-46H. The highest BCUT2D eigenvalue weighted by atomic mass is 15.1. The van der Waals surface area contributed by atoms with Crippen LogP contribution in [0.4, 0.5) is 17.1 Å². The van der Waals surface area contributed by atoms with Gasteiger partial charge in [-0.3, -0.25) is 0 Å². The van der Waals surface area contributed by atoms with E-state index in [1.165, 1.54) is 71.2 Å². The van der Waals surface area contributed by atoms with Crippen molar-refractivity contribution in [1.29, 1.82) is 0 Å². The van der Waals surface area contributed by atoms with Crippen molar-refractivity contribution in [3.63, 3.8) is 0 Å². The van der Waals surface area contributed by atoms with Gasteiger partial charge in [-0.25, -0.2) is 0 Å². The molecule has 0 radical (unpaired) electrons. The first-order valence-corrected chi connectivity index (χ1v) is 24.1. The summed E-state index contributed by atoms with van der Waals surface area (Å²) in [5.74, 6) is 0.